The first-order valence-electron chi connectivity index (χ1n) is 7.14. The lowest BCUT2D eigenvalue weighted by Gasteiger charge is -2.13. The topological polar surface area (TPSA) is 121 Å². The Hall–Kier alpha value is -2.12. The van der Waals surface area contributed by atoms with Gasteiger partial charge in [0.25, 0.3) is 0 Å². The van der Waals surface area contributed by atoms with Crippen molar-refractivity contribution in [3.63, 3.8) is 0 Å². The van der Waals surface area contributed by atoms with E-state index >= 15 is 0 Å². The maximum Gasteiger partial charge on any atom is 0.126 e. The van der Waals surface area contributed by atoms with Crippen molar-refractivity contribution >= 4 is 0 Å². The summed E-state index contributed by atoms with van der Waals surface area (Å²) < 4.78 is 0. The molecule has 0 fully saturated rings. The van der Waals surface area contributed by atoms with Gasteiger partial charge in [0.15, 0.2) is 0 Å². The van der Waals surface area contributed by atoms with Gasteiger partial charge < -0.3 is 30.6 Å². The van der Waals surface area contributed by atoms with Gasteiger partial charge in [-0.15, -0.1) is 0 Å². The van der Waals surface area contributed by atoms with E-state index in [4.69, 9.17) is 0 Å². The van der Waals surface area contributed by atoms with E-state index in [0.717, 1.165) is 11.1 Å². The van der Waals surface area contributed by atoms with Crippen molar-refractivity contribution in [2.75, 3.05) is 0 Å². The van der Waals surface area contributed by atoms with E-state index in [0.29, 0.717) is 28.7 Å². The van der Waals surface area contributed by atoms with Gasteiger partial charge >= 0.3 is 0 Å². The highest BCUT2D eigenvalue weighted by Gasteiger charge is 2.12. The first-order chi connectivity index (χ1) is 11.0. The highest BCUT2D eigenvalue weighted by Crippen LogP contribution is 2.29. The van der Waals surface area contributed by atoms with Crippen molar-refractivity contribution in [3.8, 4) is 11.5 Å². The Bertz CT molecular complexity index is 586. The molecule has 0 aliphatic rings. The van der Waals surface area contributed by atoms with Crippen LogP contribution in [0.4, 0.5) is 0 Å². The number of aliphatic hydroxyl groups excluding tert-OH is 4. The average molecular weight is 320 g/mol. The van der Waals surface area contributed by atoms with E-state index in [-0.39, 0.29) is 37.9 Å². The van der Waals surface area contributed by atoms with Crippen molar-refractivity contribution in [2.45, 2.75) is 32.8 Å². The molecule has 0 aliphatic heterocycles. The first-order valence-corrected chi connectivity index (χ1v) is 7.14. The lowest BCUT2D eigenvalue weighted by atomic mass is 9.96. The van der Waals surface area contributed by atoms with Gasteiger partial charge in [-0.2, -0.15) is 0 Å². The van der Waals surface area contributed by atoms with Crippen LogP contribution in [0, 0.1) is 0 Å². The summed E-state index contributed by atoms with van der Waals surface area (Å²) in [6, 6.07) is 6.49. The standard InChI is InChI=1S/C17H20O6/c18-6-12-2-10(3-13(7-19)16(12)22)1-11-4-14(8-20)17(23)15(5-11)9-21/h2-5,18-23H,1,6-9H2. The molecule has 6 nitrogen and oxygen atoms in total. The molecule has 6 heteroatoms. The number of hydrogen-bond donors (Lipinski definition) is 6. The van der Waals surface area contributed by atoms with Crippen LogP contribution in [0.15, 0.2) is 24.3 Å². The second-order valence-electron chi connectivity index (χ2n) is 5.33. The van der Waals surface area contributed by atoms with Crippen LogP contribution in [-0.4, -0.2) is 30.6 Å². The molecular weight excluding hydrogens is 300 g/mol. The van der Waals surface area contributed by atoms with E-state index < -0.39 is 0 Å². The number of phenols is 2. The summed E-state index contributed by atoms with van der Waals surface area (Å²) in [6.07, 6.45) is 0.389. The second kappa shape index (κ2) is 7.43. The molecule has 23 heavy (non-hydrogen) atoms. The average Bonchev–Trinajstić information content (AvgIpc) is 2.57. The largest absolute Gasteiger partial charge is 0.507 e. The maximum absolute atomic E-state index is 9.86. The number of benzene rings is 2. The number of aliphatic hydroxyl groups is 4. The lowest BCUT2D eigenvalue weighted by Crippen LogP contribution is -1.99. The van der Waals surface area contributed by atoms with Gasteiger partial charge in [-0.1, -0.05) is 0 Å². The van der Waals surface area contributed by atoms with Crippen molar-refractivity contribution in [1.29, 1.82) is 0 Å². The number of hydrogen-bond acceptors (Lipinski definition) is 6. The molecular formula is C17H20O6. The zero-order chi connectivity index (χ0) is 17.0. The highest BCUT2D eigenvalue weighted by atomic mass is 16.3. The SMILES string of the molecule is OCc1cc(Cc2cc(CO)c(O)c(CO)c2)cc(CO)c1O. The van der Waals surface area contributed by atoms with Gasteiger partial charge in [-0.25, -0.2) is 0 Å². The monoisotopic (exact) mass is 320 g/mol. The molecule has 0 aromatic heterocycles. The molecule has 0 atom stereocenters. The molecule has 0 spiro atoms. The van der Waals surface area contributed by atoms with Crippen molar-refractivity contribution < 1.29 is 30.6 Å². The number of aromatic hydroxyl groups is 2. The van der Waals surface area contributed by atoms with E-state index in [1.165, 1.54) is 0 Å². The summed E-state index contributed by atoms with van der Waals surface area (Å²) >= 11 is 0. The molecule has 2 aromatic carbocycles. The minimum Gasteiger partial charge on any atom is -0.507 e. The predicted molar refractivity (Wildman–Crippen MR) is 82.7 cm³/mol. The van der Waals surface area contributed by atoms with Crippen LogP contribution in [-0.2, 0) is 32.8 Å². The van der Waals surface area contributed by atoms with Gasteiger partial charge in [0, 0.05) is 22.3 Å². The summed E-state index contributed by atoms with van der Waals surface area (Å²) in [5.41, 5.74) is 2.75. The summed E-state index contributed by atoms with van der Waals surface area (Å²) in [4.78, 5) is 0. The van der Waals surface area contributed by atoms with Crippen molar-refractivity contribution in [3.05, 3.63) is 57.6 Å². The Morgan fingerprint density at radius 1 is 0.522 bits per heavy atom. The van der Waals surface area contributed by atoms with Gasteiger partial charge in [0.2, 0.25) is 0 Å². The third-order valence-electron chi connectivity index (χ3n) is 3.74. The summed E-state index contributed by atoms with van der Waals surface area (Å²) in [5.74, 6) is -0.256. The van der Waals surface area contributed by atoms with Crippen molar-refractivity contribution in [2.24, 2.45) is 0 Å². The predicted octanol–water partition coefficient (Wildman–Crippen LogP) is 0.658. The zero-order valence-corrected chi connectivity index (χ0v) is 12.5. The fourth-order valence-electron chi connectivity index (χ4n) is 2.59. The molecule has 0 unspecified atom stereocenters. The molecule has 2 aromatic rings. The first kappa shape index (κ1) is 17.2. The van der Waals surface area contributed by atoms with E-state index in [9.17, 15) is 30.6 Å². The maximum atomic E-state index is 9.86. The molecule has 0 radical (unpaired) electrons. The molecule has 0 amide bonds. The van der Waals surface area contributed by atoms with Crippen LogP contribution in [0.1, 0.15) is 33.4 Å². The fourth-order valence-corrected chi connectivity index (χ4v) is 2.59. The minimum absolute atomic E-state index is 0.128. The van der Waals surface area contributed by atoms with Crippen LogP contribution < -0.4 is 0 Å². The van der Waals surface area contributed by atoms with Crippen LogP contribution in [0.25, 0.3) is 0 Å². The third-order valence-corrected chi connectivity index (χ3v) is 3.74. The normalized spacial score (nSPS) is 11.0. The quantitative estimate of drug-likeness (QED) is 0.465. The van der Waals surface area contributed by atoms with Gasteiger partial charge in [-0.05, 0) is 41.8 Å². The molecule has 2 rings (SSSR count). The Kier molecular flexibility index (Phi) is 5.57. The third kappa shape index (κ3) is 3.62. The van der Waals surface area contributed by atoms with Gasteiger partial charge in [-0.3, -0.25) is 0 Å². The summed E-state index contributed by atoms with van der Waals surface area (Å²) in [7, 11) is 0. The molecule has 0 aliphatic carbocycles. The molecule has 6 N–H and O–H groups in total. The Balaban J connectivity index is 2.43. The van der Waals surface area contributed by atoms with Crippen molar-refractivity contribution in [1.82, 2.24) is 0 Å². The second-order valence-corrected chi connectivity index (χ2v) is 5.33. The minimum atomic E-state index is -0.355. The highest BCUT2D eigenvalue weighted by molar-refractivity contribution is 5.47. The van der Waals surface area contributed by atoms with Crippen LogP contribution in [0.2, 0.25) is 0 Å². The van der Waals surface area contributed by atoms with E-state index in [2.05, 4.69) is 0 Å². The van der Waals surface area contributed by atoms with E-state index in [1.54, 1.807) is 24.3 Å². The molecule has 0 saturated heterocycles. The lowest BCUT2D eigenvalue weighted by molar-refractivity contribution is 0.263. The smallest absolute Gasteiger partial charge is 0.126 e. The number of rotatable bonds is 6. The molecule has 0 heterocycles. The van der Waals surface area contributed by atoms with E-state index in [1.807, 2.05) is 0 Å². The van der Waals surface area contributed by atoms with Gasteiger partial charge in [0.05, 0.1) is 26.4 Å². The Morgan fingerprint density at radius 2 is 0.783 bits per heavy atom. The van der Waals surface area contributed by atoms with Crippen LogP contribution in [0.3, 0.4) is 0 Å². The Morgan fingerprint density at radius 3 is 1.00 bits per heavy atom. The Labute approximate surface area is 133 Å². The summed E-state index contributed by atoms with van der Waals surface area (Å²) in [5, 5.41) is 56.9. The van der Waals surface area contributed by atoms with Crippen LogP contribution >= 0.6 is 0 Å². The molecule has 0 saturated carbocycles. The molecule has 124 valence electrons. The summed E-state index contributed by atoms with van der Waals surface area (Å²) in [6.45, 7) is -1.42. The zero-order valence-electron chi connectivity index (χ0n) is 12.5. The fraction of sp³-hybridized carbons (Fsp3) is 0.294. The van der Waals surface area contributed by atoms with Crippen LogP contribution in [0.5, 0.6) is 11.5 Å². The molecule has 0 bridgehead atoms. The van der Waals surface area contributed by atoms with Gasteiger partial charge in [0.1, 0.15) is 11.5 Å².